The van der Waals surface area contributed by atoms with Gasteiger partial charge in [-0.1, -0.05) is 24.6 Å². The highest BCUT2D eigenvalue weighted by molar-refractivity contribution is 8.04. The average molecular weight is 232 g/mol. The summed E-state index contributed by atoms with van der Waals surface area (Å²) in [6.45, 7) is 3.73. The van der Waals surface area contributed by atoms with Crippen molar-refractivity contribution in [1.82, 2.24) is 0 Å². The lowest BCUT2D eigenvalue weighted by molar-refractivity contribution is 0.518. The van der Waals surface area contributed by atoms with Crippen LogP contribution in [0.1, 0.15) is 12.5 Å². The molecule has 0 fully saturated rings. The Morgan fingerprint density at radius 2 is 1.86 bits per heavy atom. The van der Waals surface area contributed by atoms with Crippen molar-refractivity contribution >= 4 is 22.2 Å². The van der Waals surface area contributed by atoms with E-state index in [0.717, 1.165) is 17.6 Å². The second kappa shape index (κ2) is 4.82. The fraction of sp³-hybridized carbons (Fsp3) is 0.333. The van der Waals surface area contributed by atoms with Crippen LogP contribution in [0.2, 0.25) is 0 Å². The number of hydrogen-bond donors (Lipinski definition) is 0. The molecule has 0 aliphatic carbocycles. The van der Waals surface area contributed by atoms with Gasteiger partial charge in [0.25, 0.3) is 0 Å². The second-order valence-corrected chi connectivity index (χ2v) is 5.48. The predicted octanol–water partition coefficient (Wildman–Crippen LogP) is 2.37. The molecule has 0 N–H and O–H groups in total. The maximum atomic E-state index is 11.5. The van der Waals surface area contributed by atoms with Gasteiger partial charge in [-0.3, -0.25) is 0 Å². The molecule has 3 nitrogen and oxygen atoms in total. The summed E-state index contributed by atoms with van der Waals surface area (Å²) in [6, 6.07) is 6.57. The van der Waals surface area contributed by atoms with Crippen molar-refractivity contribution in [3.05, 3.63) is 29.8 Å². The zero-order valence-corrected chi connectivity index (χ0v) is 9.69. The normalized spacial score (nSPS) is 11.6. The lowest BCUT2D eigenvalue weighted by Crippen LogP contribution is -2.01. The molecule has 0 amide bonds. The van der Waals surface area contributed by atoms with Crippen LogP contribution in [0.4, 0.5) is 0 Å². The summed E-state index contributed by atoms with van der Waals surface area (Å²) in [5.41, 5.74) is 1.02. The molecule has 1 aromatic rings. The summed E-state index contributed by atoms with van der Waals surface area (Å²) >= 11 is 0.926. The highest BCUT2D eigenvalue weighted by atomic mass is 32.3. The summed E-state index contributed by atoms with van der Waals surface area (Å²) in [5, 5.41) is 0. The molecule has 0 aliphatic rings. The first-order valence-electron chi connectivity index (χ1n) is 4.19. The molecule has 0 saturated carbocycles. The first-order valence-corrected chi connectivity index (χ1v) is 6.51. The van der Waals surface area contributed by atoms with E-state index in [-0.39, 0.29) is 4.90 Å². The lowest BCUT2D eigenvalue weighted by Gasteiger charge is -2.02. The van der Waals surface area contributed by atoms with Crippen LogP contribution in [0.15, 0.2) is 29.2 Å². The second-order valence-electron chi connectivity index (χ2n) is 2.74. The van der Waals surface area contributed by atoms with Gasteiger partial charge in [-0.2, -0.15) is 12.0 Å². The molecular weight excluding hydrogens is 220 g/mol. The van der Waals surface area contributed by atoms with E-state index in [4.69, 9.17) is 3.63 Å². The number of rotatable bonds is 4. The maximum Gasteiger partial charge on any atom is 0.307 e. The Kier molecular flexibility index (Phi) is 3.97. The molecule has 0 atom stereocenters. The Labute approximate surface area is 88.8 Å². The summed E-state index contributed by atoms with van der Waals surface area (Å²) in [5.74, 6) is 0.602. The summed E-state index contributed by atoms with van der Waals surface area (Å²) in [6.07, 6.45) is 0. The first-order chi connectivity index (χ1) is 6.56. The Hall–Kier alpha value is -0.520. The van der Waals surface area contributed by atoms with Gasteiger partial charge in [-0.15, -0.1) is 0 Å². The van der Waals surface area contributed by atoms with Crippen molar-refractivity contribution < 1.29 is 12.0 Å². The van der Waals surface area contributed by atoms with E-state index < -0.39 is 10.1 Å². The largest absolute Gasteiger partial charge is 0.307 e. The third kappa shape index (κ3) is 3.01. The van der Waals surface area contributed by atoms with E-state index in [0.29, 0.717) is 5.75 Å². The van der Waals surface area contributed by atoms with Crippen molar-refractivity contribution in [2.24, 2.45) is 0 Å². The zero-order chi connectivity index (χ0) is 10.6. The molecule has 0 radical (unpaired) electrons. The van der Waals surface area contributed by atoms with Crippen LogP contribution in [0.3, 0.4) is 0 Å². The third-order valence-electron chi connectivity index (χ3n) is 1.57. The first kappa shape index (κ1) is 11.6. The minimum atomic E-state index is -3.58. The molecule has 0 aliphatic heterocycles. The molecule has 0 heterocycles. The molecule has 1 aromatic carbocycles. The Bertz CT molecular complexity index is 381. The molecule has 0 saturated heterocycles. The standard InChI is InChI=1S/C9H12O3S2/c1-3-13-12-14(10,11)9-6-4-8(2)5-7-9/h4-7H,3H2,1-2H3. The monoisotopic (exact) mass is 232 g/mol. The van der Waals surface area contributed by atoms with Crippen LogP contribution in [0, 0.1) is 6.92 Å². The van der Waals surface area contributed by atoms with E-state index in [9.17, 15) is 8.42 Å². The summed E-state index contributed by atoms with van der Waals surface area (Å²) < 4.78 is 27.6. The fourth-order valence-electron chi connectivity index (χ4n) is 0.856. The quantitative estimate of drug-likeness (QED) is 0.747. The van der Waals surface area contributed by atoms with Gasteiger partial charge in [0, 0.05) is 17.8 Å². The van der Waals surface area contributed by atoms with Crippen LogP contribution in [-0.4, -0.2) is 14.2 Å². The van der Waals surface area contributed by atoms with E-state index >= 15 is 0 Å². The molecule has 1 rings (SSSR count). The van der Waals surface area contributed by atoms with Gasteiger partial charge >= 0.3 is 10.1 Å². The van der Waals surface area contributed by atoms with Gasteiger partial charge < -0.3 is 0 Å². The topological polar surface area (TPSA) is 43.4 Å². The Balaban J connectivity index is 2.87. The van der Waals surface area contributed by atoms with E-state index in [1.54, 1.807) is 24.3 Å². The molecule has 5 heteroatoms. The molecular formula is C9H12O3S2. The molecule has 0 bridgehead atoms. The third-order valence-corrected chi connectivity index (χ3v) is 3.75. The fourth-order valence-corrected chi connectivity index (χ4v) is 2.53. The number of benzene rings is 1. The Morgan fingerprint density at radius 1 is 1.29 bits per heavy atom. The molecule has 0 spiro atoms. The summed E-state index contributed by atoms with van der Waals surface area (Å²) in [7, 11) is -3.58. The van der Waals surface area contributed by atoms with E-state index in [1.165, 1.54) is 0 Å². The molecule has 78 valence electrons. The molecule has 14 heavy (non-hydrogen) atoms. The van der Waals surface area contributed by atoms with Crippen LogP contribution >= 0.6 is 12.0 Å². The van der Waals surface area contributed by atoms with Crippen molar-refractivity contribution in [3.63, 3.8) is 0 Å². The van der Waals surface area contributed by atoms with Crippen molar-refractivity contribution in [1.29, 1.82) is 0 Å². The lowest BCUT2D eigenvalue weighted by atomic mass is 10.2. The zero-order valence-electron chi connectivity index (χ0n) is 8.06. The molecule has 0 aromatic heterocycles. The Morgan fingerprint density at radius 3 is 2.36 bits per heavy atom. The molecule has 0 unspecified atom stereocenters. The summed E-state index contributed by atoms with van der Waals surface area (Å²) in [4.78, 5) is 0.198. The minimum absolute atomic E-state index is 0.198. The van der Waals surface area contributed by atoms with Crippen LogP contribution in [-0.2, 0) is 13.7 Å². The van der Waals surface area contributed by atoms with E-state index in [2.05, 4.69) is 0 Å². The minimum Gasteiger partial charge on any atom is -0.194 e. The number of aryl methyl sites for hydroxylation is 1. The predicted molar refractivity (Wildman–Crippen MR) is 57.6 cm³/mol. The van der Waals surface area contributed by atoms with Crippen LogP contribution < -0.4 is 0 Å². The van der Waals surface area contributed by atoms with Gasteiger partial charge in [0.2, 0.25) is 0 Å². The number of hydrogen-bond acceptors (Lipinski definition) is 4. The highest BCUT2D eigenvalue weighted by Crippen LogP contribution is 2.18. The van der Waals surface area contributed by atoms with Crippen LogP contribution in [0.25, 0.3) is 0 Å². The van der Waals surface area contributed by atoms with Gasteiger partial charge in [0.05, 0.1) is 4.90 Å². The van der Waals surface area contributed by atoms with Crippen molar-refractivity contribution in [2.45, 2.75) is 18.7 Å². The van der Waals surface area contributed by atoms with Gasteiger partial charge in [-0.05, 0) is 19.1 Å². The van der Waals surface area contributed by atoms with Gasteiger partial charge in [-0.25, -0.2) is 0 Å². The SMILES string of the molecule is CCSOS(=O)(=O)c1ccc(C)cc1. The smallest absolute Gasteiger partial charge is 0.194 e. The van der Waals surface area contributed by atoms with Crippen LogP contribution in [0.5, 0.6) is 0 Å². The average Bonchev–Trinajstić information content (AvgIpc) is 2.16. The van der Waals surface area contributed by atoms with Crippen molar-refractivity contribution in [3.8, 4) is 0 Å². The van der Waals surface area contributed by atoms with Gasteiger partial charge in [0.15, 0.2) is 0 Å². The van der Waals surface area contributed by atoms with Crippen molar-refractivity contribution in [2.75, 3.05) is 5.75 Å². The van der Waals surface area contributed by atoms with Gasteiger partial charge in [0.1, 0.15) is 0 Å². The highest BCUT2D eigenvalue weighted by Gasteiger charge is 2.14. The van der Waals surface area contributed by atoms with E-state index in [1.807, 2.05) is 13.8 Å². The maximum absolute atomic E-state index is 11.5.